The van der Waals surface area contributed by atoms with Crippen molar-refractivity contribution in [1.82, 2.24) is 13.5 Å². The minimum Gasteiger partial charge on any atom is -0.497 e. The lowest BCUT2D eigenvalue weighted by molar-refractivity contribution is 0.275. The summed E-state index contributed by atoms with van der Waals surface area (Å²) in [6, 6.07) is 8.11. The highest BCUT2D eigenvalue weighted by Crippen LogP contribution is 2.19. The van der Waals surface area contributed by atoms with Crippen LogP contribution >= 0.6 is 0 Å². The second kappa shape index (κ2) is 9.17. The molecule has 0 bridgehead atoms. The van der Waals surface area contributed by atoms with Crippen LogP contribution in [0.1, 0.15) is 37.7 Å². The molecule has 0 saturated carbocycles. The summed E-state index contributed by atoms with van der Waals surface area (Å²) >= 11 is 0. The maximum Gasteiger partial charge on any atom is 0.282 e. The van der Waals surface area contributed by atoms with Gasteiger partial charge in [0.1, 0.15) is 5.75 Å². The minimum absolute atomic E-state index is 0.578. The summed E-state index contributed by atoms with van der Waals surface area (Å²) in [4.78, 5) is 2.35. The van der Waals surface area contributed by atoms with Crippen LogP contribution in [0.3, 0.4) is 0 Å². The number of hydrogen-bond acceptors (Lipinski definition) is 4. The monoisotopic (exact) mass is 381 g/mol. The Hall–Kier alpha value is -1.15. The average molecular weight is 382 g/mol. The normalized spacial score (nSPS) is 21.9. The van der Waals surface area contributed by atoms with Crippen molar-refractivity contribution >= 4 is 10.2 Å². The van der Waals surface area contributed by atoms with Crippen molar-refractivity contribution < 1.29 is 13.2 Å². The second-order valence-electron chi connectivity index (χ2n) is 7.20. The third kappa shape index (κ3) is 4.97. The van der Waals surface area contributed by atoms with Crippen LogP contribution in [-0.2, 0) is 16.8 Å². The Morgan fingerprint density at radius 2 is 1.42 bits per heavy atom. The lowest BCUT2D eigenvalue weighted by atomic mass is 10.2. The van der Waals surface area contributed by atoms with Crippen LogP contribution in [0.2, 0.25) is 0 Å². The number of hydrogen-bond donors (Lipinski definition) is 0. The Balaban J connectivity index is 1.58. The van der Waals surface area contributed by atoms with Crippen LogP contribution < -0.4 is 4.74 Å². The Labute approximate surface area is 157 Å². The van der Waals surface area contributed by atoms with Crippen molar-refractivity contribution in [3.8, 4) is 5.75 Å². The van der Waals surface area contributed by atoms with Gasteiger partial charge in [-0.2, -0.15) is 17.0 Å². The molecular weight excluding hydrogens is 350 g/mol. The largest absolute Gasteiger partial charge is 0.497 e. The predicted molar refractivity (Wildman–Crippen MR) is 103 cm³/mol. The highest BCUT2D eigenvalue weighted by molar-refractivity contribution is 7.86. The molecule has 146 valence electrons. The summed E-state index contributed by atoms with van der Waals surface area (Å²) in [5, 5.41) is 0. The van der Waals surface area contributed by atoms with Gasteiger partial charge >= 0.3 is 0 Å². The number of nitrogens with zero attached hydrogens (tertiary/aromatic N) is 3. The fourth-order valence-electron chi connectivity index (χ4n) is 3.76. The highest BCUT2D eigenvalue weighted by atomic mass is 32.2. The van der Waals surface area contributed by atoms with E-state index >= 15 is 0 Å². The van der Waals surface area contributed by atoms with Crippen LogP contribution in [0.4, 0.5) is 0 Å². The van der Waals surface area contributed by atoms with E-state index in [1.807, 2.05) is 12.1 Å². The van der Waals surface area contributed by atoms with Gasteiger partial charge in [-0.05, 0) is 43.5 Å². The molecule has 0 aromatic heterocycles. The first-order chi connectivity index (χ1) is 12.6. The van der Waals surface area contributed by atoms with Crippen LogP contribution in [0, 0.1) is 0 Å². The molecule has 0 amide bonds. The third-order valence-electron chi connectivity index (χ3n) is 5.33. The van der Waals surface area contributed by atoms with Gasteiger partial charge in [0.15, 0.2) is 0 Å². The van der Waals surface area contributed by atoms with E-state index in [0.29, 0.717) is 26.2 Å². The highest BCUT2D eigenvalue weighted by Gasteiger charge is 2.31. The smallest absolute Gasteiger partial charge is 0.282 e. The van der Waals surface area contributed by atoms with Crippen LogP contribution in [-0.4, -0.2) is 68.3 Å². The molecular formula is C19H31N3O3S. The lowest BCUT2D eigenvalue weighted by Gasteiger charge is -2.28. The van der Waals surface area contributed by atoms with Crippen LogP contribution in [0.5, 0.6) is 5.75 Å². The zero-order valence-electron chi connectivity index (χ0n) is 15.8. The van der Waals surface area contributed by atoms with Gasteiger partial charge in [0.05, 0.1) is 7.11 Å². The Kier molecular flexibility index (Phi) is 6.92. The molecule has 0 aliphatic carbocycles. The summed E-state index contributed by atoms with van der Waals surface area (Å²) in [6.07, 6.45) is 5.12. The summed E-state index contributed by atoms with van der Waals surface area (Å²) in [5.41, 5.74) is 1.23. The Morgan fingerprint density at radius 3 is 2.08 bits per heavy atom. The Morgan fingerprint density at radius 1 is 0.808 bits per heavy atom. The van der Waals surface area contributed by atoms with E-state index in [9.17, 15) is 8.42 Å². The zero-order valence-corrected chi connectivity index (χ0v) is 16.6. The number of rotatable bonds is 5. The summed E-state index contributed by atoms with van der Waals surface area (Å²) < 4.78 is 34.6. The molecule has 2 fully saturated rings. The average Bonchev–Trinajstić information content (AvgIpc) is 3.06. The maximum atomic E-state index is 13.0. The van der Waals surface area contributed by atoms with Crippen molar-refractivity contribution in [2.24, 2.45) is 0 Å². The molecule has 1 aromatic carbocycles. The van der Waals surface area contributed by atoms with Gasteiger partial charge in [-0.1, -0.05) is 25.0 Å². The Bertz CT molecular complexity index is 655. The molecule has 7 heteroatoms. The number of methoxy groups -OCH3 is 1. The fourth-order valence-corrected chi connectivity index (χ4v) is 5.48. The summed E-state index contributed by atoms with van der Waals surface area (Å²) in [6.45, 7) is 5.11. The number of ether oxygens (including phenoxy) is 1. The standard InChI is InChI=1S/C19H31N3O3S/c1-25-19-9-7-18(8-10-19)17-20-11-6-14-22(16-15-20)26(23,24)21-12-4-2-3-5-13-21/h7-10H,2-6,11-17H2,1H3. The fraction of sp³-hybridized carbons (Fsp3) is 0.684. The topological polar surface area (TPSA) is 53.1 Å². The van der Waals surface area contributed by atoms with E-state index in [4.69, 9.17) is 4.74 Å². The molecule has 0 spiro atoms. The molecule has 2 heterocycles. The van der Waals surface area contributed by atoms with Crippen molar-refractivity contribution in [3.05, 3.63) is 29.8 Å². The number of benzene rings is 1. The zero-order chi connectivity index (χ0) is 18.4. The first-order valence-corrected chi connectivity index (χ1v) is 11.1. The van der Waals surface area contributed by atoms with E-state index in [2.05, 4.69) is 17.0 Å². The molecule has 2 saturated heterocycles. The molecule has 6 nitrogen and oxygen atoms in total. The van der Waals surface area contributed by atoms with E-state index in [0.717, 1.165) is 57.5 Å². The van der Waals surface area contributed by atoms with Gasteiger partial charge in [-0.15, -0.1) is 0 Å². The van der Waals surface area contributed by atoms with E-state index in [-0.39, 0.29) is 0 Å². The van der Waals surface area contributed by atoms with Gasteiger partial charge in [0.25, 0.3) is 10.2 Å². The van der Waals surface area contributed by atoms with Gasteiger partial charge in [-0.25, -0.2) is 0 Å². The van der Waals surface area contributed by atoms with E-state index in [1.165, 1.54) is 5.56 Å². The van der Waals surface area contributed by atoms with E-state index in [1.54, 1.807) is 15.7 Å². The molecule has 0 atom stereocenters. The molecule has 1 aromatic rings. The van der Waals surface area contributed by atoms with Crippen LogP contribution in [0.25, 0.3) is 0 Å². The molecule has 26 heavy (non-hydrogen) atoms. The predicted octanol–water partition coefficient (Wildman–Crippen LogP) is 2.32. The molecule has 3 rings (SSSR count). The first-order valence-electron chi connectivity index (χ1n) is 9.70. The lowest BCUT2D eigenvalue weighted by Crippen LogP contribution is -2.45. The van der Waals surface area contributed by atoms with Crippen molar-refractivity contribution in [2.75, 3.05) is 46.4 Å². The van der Waals surface area contributed by atoms with Crippen molar-refractivity contribution in [1.29, 1.82) is 0 Å². The first kappa shape index (κ1) is 19.6. The molecule has 0 unspecified atom stereocenters. The van der Waals surface area contributed by atoms with E-state index < -0.39 is 10.2 Å². The van der Waals surface area contributed by atoms with Crippen LogP contribution in [0.15, 0.2) is 24.3 Å². The molecule has 0 radical (unpaired) electrons. The quantitative estimate of drug-likeness (QED) is 0.786. The molecule has 0 N–H and O–H groups in total. The van der Waals surface area contributed by atoms with Crippen molar-refractivity contribution in [2.45, 2.75) is 38.6 Å². The maximum absolute atomic E-state index is 13.0. The minimum atomic E-state index is -3.31. The van der Waals surface area contributed by atoms with Gasteiger partial charge < -0.3 is 4.74 Å². The van der Waals surface area contributed by atoms with Crippen molar-refractivity contribution in [3.63, 3.8) is 0 Å². The van der Waals surface area contributed by atoms with Gasteiger partial charge in [0, 0.05) is 39.3 Å². The summed E-state index contributed by atoms with van der Waals surface area (Å²) in [5.74, 6) is 0.860. The van der Waals surface area contributed by atoms with Gasteiger partial charge in [0.2, 0.25) is 0 Å². The van der Waals surface area contributed by atoms with Gasteiger partial charge in [-0.3, -0.25) is 4.90 Å². The SMILES string of the molecule is COc1ccc(CN2CCCN(S(=O)(=O)N3CCCCCC3)CC2)cc1. The molecule has 2 aliphatic heterocycles. The third-order valence-corrected chi connectivity index (χ3v) is 7.37. The summed E-state index contributed by atoms with van der Waals surface area (Å²) in [7, 11) is -1.64. The second-order valence-corrected chi connectivity index (χ2v) is 9.13. The molecule has 2 aliphatic rings.